The molecule has 0 aliphatic carbocycles. The summed E-state index contributed by atoms with van der Waals surface area (Å²) < 4.78 is 0. The van der Waals surface area contributed by atoms with Crippen LogP contribution in [0.3, 0.4) is 0 Å². The first-order chi connectivity index (χ1) is 6.74. The molecule has 0 aromatic carbocycles. The number of rotatable bonds is 5. The van der Waals surface area contributed by atoms with E-state index < -0.39 is 0 Å². The number of thiazole rings is 1. The quantitative estimate of drug-likeness (QED) is 0.763. The Morgan fingerprint density at radius 2 is 2.57 bits per heavy atom. The van der Waals surface area contributed by atoms with E-state index in [4.69, 9.17) is 5.73 Å². The summed E-state index contributed by atoms with van der Waals surface area (Å²) in [6.07, 6.45) is 3.37. The van der Waals surface area contributed by atoms with Crippen LogP contribution in [0, 0.1) is 0 Å². The molecule has 0 fully saturated rings. The number of hydrogen-bond acceptors (Lipinski definition) is 4. The van der Waals surface area contributed by atoms with Crippen LogP contribution in [-0.2, 0) is 11.3 Å². The lowest BCUT2D eigenvalue weighted by Gasteiger charge is -2.09. The van der Waals surface area contributed by atoms with Crippen LogP contribution in [0.5, 0.6) is 0 Å². The third-order valence-electron chi connectivity index (χ3n) is 1.83. The first-order valence-corrected chi connectivity index (χ1v) is 5.53. The summed E-state index contributed by atoms with van der Waals surface area (Å²) in [5.41, 5.74) is 5.64. The molecular formula is C9H15N3OS. The van der Waals surface area contributed by atoms with Gasteiger partial charge in [-0.15, -0.1) is 11.3 Å². The maximum absolute atomic E-state index is 11.4. The van der Waals surface area contributed by atoms with Gasteiger partial charge in [0.05, 0.1) is 12.6 Å². The van der Waals surface area contributed by atoms with Crippen LogP contribution < -0.4 is 11.1 Å². The van der Waals surface area contributed by atoms with E-state index in [0.717, 1.165) is 17.8 Å². The Labute approximate surface area is 87.5 Å². The van der Waals surface area contributed by atoms with Crippen molar-refractivity contribution in [1.82, 2.24) is 10.3 Å². The fraction of sp³-hybridized carbons (Fsp3) is 0.556. The first-order valence-electron chi connectivity index (χ1n) is 4.65. The monoisotopic (exact) mass is 213 g/mol. The lowest BCUT2D eigenvalue weighted by atomic mass is 10.2. The Bertz CT molecular complexity index is 274. The molecule has 1 aromatic rings. The van der Waals surface area contributed by atoms with Gasteiger partial charge in [0.15, 0.2) is 0 Å². The van der Waals surface area contributed by atoms with E-state index in [0.29, 0.717) is 6.54 Å². The molecule has 1 atom stereocenters. The number of carbonyl (C=O) groups excluding carboxylic acids is 1. The van der Waals surface area contributed by atoms with Crippen molar-refractivity contribution in [2.24, 2.45) is 5.73 Å². The van der Waals surface area contributed by atoms with E-state index in [1.165, 1.54) is 11.3 Å². The first kappa shape index (κ1) is 11.1. The molecule has 5 heteroatoms. The third kappa shape index (κ3) is 3.43. The van der Waals surface area contributed by atoms with Gasteiger partial charge >= 0.3 is 0 Å². The van der Waals surface area contributed by atoms with Gasteiger partial charge in [0.25, 0.3) is 0 Å². The van der Waals surface area contributed by atoms with E-state index in [1.807, 2.05) is 12.3 Å². The molecule has 0 radical (unpaired) electrons. The summed E-state index contributed by atoms with van der Waals surface area (Å²) in [5, 5.41) is 5.54. The Balaban J connectivity index is 2.27. The van der Waals surface area contributed by atoms with Crippen molar-refractivity contribution in [3.05, 3.63) is 16.6 Å². The highest BCUT2D eigenvalue weighted by molar-refractivity contribution is 7.09. The van der Waals surface area contributed by atoms with Crippen LogP contribution in [0.2, 0.25) is 0 Å². The van der Waals surface area contributed by atoms with Gasteiger partial charge in [-0.25, -0.2) is 4.98 Å². The van der Waals surface area contributed by atoms with Crippen molar-refractivity contribution in [3.8, 4) is 0 Å². The van der Waals surface area contributed by atoms with Gasteiger partial charge < -0.3 is 11.1 Å². The lowest BCUT2D eigenvalue weighted by molar-refractivity contribution is -0.122. The molecule has 0 spiro atoms. The Morgan fingerprint density at radius 3 is 3.14 bits per heavy atom. The molecule has 0 aliphatic heterocycles. The molecular weight excluding hydrogens is 198 g/mol. The number of nitrogens with zero attached hydrogens (tertiary/aromatic N) is 1. The summed E-state index contributed by atoms with van der Waals surface area (Å²) in [6.45, 7) is 2.49. The predicted octanol–water partition coefficient (Wildman–Crippen LogP) is 0.887. The highest BCUT2D eigenvalue weighted by Gasteiger charge is 2.11. The standard InChI is InChI=1S/C9H15N3OS/c1-2-3-7(10)9(13)12-6-8-11-4-5-14-8/h4-5,7H,2-3,6,10H2,1H3,(H,12,13)/t7-/m1/s1. The maximum atomic E-state index is 11.4. The molecule has 1 amide bonds. The molecule has 3 N–H and O–H groups in total. The molecule has 0 bridgehead atoms. The molecule has 14 heavy (non-hydrogen) atoms. The number of aromatic nitrogens is 1. The highest BCUT2D eigenvalue weighted by atomic mass is 32.1. The smallest absolute Gasteiger partial charge is 0.237 e. The van der Waals surface area contributed by atoms with Crippen LogP contribution in [-0.4, -0.2) is 16.9 Å². The fourth-order valence-electron chi connectivity index (χ4n) is 1.08. The van der Waals surface area contributed by atoms with E-state index >= 15 is 0 Å². The summed E-state index contributed by atoms with van der Waals surface area (Å²) in [5.74, 6) is -0.0953. The lowest BCUT2D eigenvalue weighted by Crippen LogP contribution is -2.40. The Morgan fingerprint density at radius 1 is 1.79 bits per heavy atom. The van der Waals surface area contributed by atoms with Crippen molar-refractivity contribution in [2.45, 2.75) is 32.4 Å². The average molecular weight is 213 g/mol. The zero-order valence-corrected chi connectivity index (χ0v) is 9.01. The van der Waals surface area contributed by atoms with Crippen LogP contribution in [0.1, 0.15) is 24.8 Å². The van der Waals surface area contributed by atoms with Gasteiger partial charge in [0.2, 0.25) is 5.91 Å². The highest BCUT2D eigenvalue weighted by Crippen LogP contribution is 2.03. The van der Waals surface area contributed by atoms with E-state index in [-0.39, 0.29) is 11.9 Å². The third-order valence-corrected chi connectivity index (χ3v) is 2.61. The topological polar surface area (TPSA) is 68.0 Å². The zero-order chi connectivity index (χ0) is 10.4. The van der Waals surface area contributed by atoms with Crippen molar-refractivity contribution in [1.29, 1.82) is 0 Å². The number of amides is 1. The number of hydrogen-bond donors (Lipinski definition) is 2. The molecule has 1 rings (SSSR count). The van der Waals surface area contributed by atoms with Gasteiger partial charge in [-0.05, 0) is 6.42 Å². The molecule has 0 saturated carbocycles. The van der Waals surface area contributed by atoms with Gasteiger partial charge in [-0.2, -0.15) is 0 Å². The molecule has 1 aromatic heterocycles. The minimum atomic E-state index is -0.389. The summed E-state index contributed by atoms with van der Waals surface area (Å²) in [4.78, 5) is 15.4. The minimum Gasteiger partial charge on any atom is -0.348 e. The molecule has 1 heterocycles. The maximum Gasteiger partial charge on any atom is 0.237 e. The van der Waals surface area contributed by atoms with Crippen LogP contribution in [0.4, 0.5) is 0 Å². The second kappa shape index (κ2) is 5.72. The number of nitrogens with one attached hydrogen (secondary N) is 1. The van der Waals surface area contributed by atoms with Gasteiger partial charge in [0, 0.05) is 11.6 Å². The van der Waals surface area contributed by atoms with Crippen LogP contribution in [0.15, 0.2) is 11.6 Å². The van der Waals surface area contributed by atoms with Gasteiger partial charge in [-0.3, -0.25) is 4.79 Å². The molecule has 0 unspecified atom stereocenters. The summed E-state index contributed by atoms with van der Waals surface area (Å²) in [6, 6.07) is -0.389. The zero-order valence-electron chi connectivity index (χ0n) is 8.19. The SMILES string of the molecule is CCC[C@@H](N)C(=O)NCc1nccs1. The summed E-state index contributed by atoms with van der Waals surface area (Å²) >= 11 is 1.52. The Hall–Kier alpha value is -0.940. The van der Waals surface area contributed by atoms with E-state index in [9.17, 15) is 4.79 Å². The van der Waals surface area contributed by atoms with Crippen molar-refractivity contribution in [2.75, 3.05) is 0 Å². The Kier molecular flexibility index (Phi) is 4.55. The van der Waals surface area contributed by atoms with Crippen molar-refractivity contribution in [3.63, 3.8) is 0 Å². The second-order valence-electron chi connectivity index (χ2n) is 3.04. The van der Waals surface area contributed by atoms with Crippen LogP contribution >= 0.6 is 11.3 Å². The fourth-order valence-corrected chi connectivity index (χ4v) is 1.63. The molecule has 4 nitrogen and oxygen atoms in total. The van der Waals surface area contributed by atoms with Crippen molar-refractivity contribution < 1.29 is 4.79 Å². The largest absolute Gasteiger partial charge is 0.348 e. The number of carbonyl (C=O) groups is 1. The van der Waals surface area contributed by atoms with Crippen molar-refractivity contribution >= 4 is 17.2 Å². The molecule has 78 valence electrons. The van der Waals surface area contributed by atoms with Gasteiger partial charge in [-0.1, -0.05) is 13.3 Å². The van der Waals surface area contributed by atoms with E-state index in [2.05, 4.69) is 10.3 Å². The second-order valence-corrected chi connectivity index (χ2v) is 4.02. The minimum absolute atomic E-state index is 0.0953. The van der Waals surface area contributed by atoms with Gasteiger partial charge in [0.1, 0.15) is 5.01 Å². The molecule has 0 saturated heterocycles. The van der Waals surface area contributed by atoms with Crippen LogP contribution in [0.25, 0.3) is 0 Å². The van der Waals surface area contributed by atoms with E-state index in [1.54, 1.807) is 6.20 Å². The normalized spacial score (nSPS) is 12.4. The predicted molar refractivity (Wildman–Crippen MR) is 56.8 cm³/mol. The molecule has 0 aliphatic rings. The summed E-state index contributed by atoms with van der Waals surface area (Å²) in [7, 11) is 0. The number of nitrogens with two attached hydrogens (primary N) is 1. The average Bonchev–Trinajstić information content (AvgIpc) is 2.67.